The van der Waals surface area contributed by atoms with Gasteiger partial charge in [0.1, 0.15) is 5.69 Å². The predicted octanol–water partition coefficient (Wildman–Crippen LogP) is 2.93. The number of alkyl halides is 3. The molecule has 0 unspecified atom stereocenters. The summed E-state index contributed by atoms with van der Waals surface area (Å²) in [5, 5.41) is 8.66. The van der Waals surface area contributed by atoms with Crippen LogP contribution in [0.1, 0.15) is 35.6 Å². The van der Waals surface area contributed by atoms with Gasteiger partial charge in [0.05, 0.1) is 5.56 Å². The molecule has 16 heavy (non-hydrogen) atoms. The van der Waals surface area contributed by atoms with Crippen molar-refractivity contribution >= 4 is 5.97 Å². The van der Waals surface area contributed by atoms with Crippen LogP contribution in [0.4, 0.5) is 13.2 Å². The highest BCUT2D eigenvalue weighted by Gasteiger charge is 2.37. The van der Waals surface area contributed by atoms with E-state index in [1.807, 2.05) is 13.8 Å². The minimum atomic E-state index is -4.66. The number of carboxylic acid groups (broad SMARTS) is 1. The molecule has 0 aliphatic rings. The van der Waals surface area contributed by atoms with E-state index in [9.17, 15) is 18.0 Å². The number of aromatic carboxylic acids is 1. The lowest BCUT2D eigenvalue weighted by atomic mass is 10.1. The third-order valence-electron chi connectivity index (χ3n) is 2.02. The number of aromatic amines is 1. The second-order valence-corrected chi connectivity index (χ2v) is 3.98. The average molecular weight is 235 g/mol. The van der Waals surface area contributed by atoms with E-state index in [2.05, 4.69) is 4.98 Å². The summed E-state index contributed by atoms with van der Waals surface area (Å²) >= 11 is 0. The highest BCUT2D eigenvalue weighted by molar-refractivity contribution is 5.89. The Morgan fingerprint density at radius 3 is 2.38 bits per heavy atom. The summed E-state index contributed by atoms with van der Waals surface area (Å²) in [4.78, 5) is 12.8. The van der Waals surface area contributed by atoms with Crippen LogP contribution < -0.4 is 0 Å². The third-order valence-corrected chi connectivity index (χ3v) is 2.02. The van der Waals surface area contributed by atoms with Crippen LogP contribution in [0.15, 0.2) is 6.07 Å². The lowest BCUT2D eigenvalue weighted by Gasteiger charge is -2.05. The first kappa shape index (κ1) is 12.6. The van der Waals surface area contributed by atoms with Crippen molar-refractivity contribution in [3.8, 4) is 0 Å². The number of carbonyl (C=O) groups is 1. The second-order valence-electron chi connectivity index (χ2n) is 3.98. The van der Waals surface area contributed by atoms with Crippen LogP contribution in [-0.2, 0) is 12.6 Å². The van der Waals surface area contributed by atoms with Crippen LogP contribution in [-0.4, -0.2) is 16.1 Å². The van der Waals surface area contributed by atoms with Crippen LogP contribution in [0.2, 0.25) is 0 Å². The Morgan fingerprint density at radius 1 is 1.50 bits per heavy atom. The molecule has 0 bridgehead atoms. The number of halogens is 3. The third kappa shape index (κ3) is 2.77. The van der Waals surface area contributed by atoms with Crippen molar-refractivity contribution in [2.45, 2.75) is 26.4 Å². The highest BCUT2D eigenvalue weighted by atomic mass is 19.4. The molecule has 6 heteroatoms. The van der Waals surface area contributed by atoms with Crippen LogP contribution in [0.3, 0.4) is 0 Å². The molecule has 0 spiro atoms. The van der Waals surface area contributed by atoms with Crippen LogP contribution in [0, 0.1) is 5.92 Å². The fourth-order valence-electron chi connectivity index (χ4n) is 1.45. The molecule has 90 valence electrons. The van der Waals surface area contributed by atoms with Gasteiger partial charge in [-0.1, -0.05) is 13.8 Å². The number of carboxylic acids is 1. The standard InChI is InChI=1S/C10H12F3NO2/c1-5(2)3-6-4-7(9(15)16)8(14-6)10(11,12)13/h4-5,14H,3H2,1-2H3,(H,15,16). The van der Waals surface area contributed by atoms with Gasteiger partial charge >= 0.3 is 12.1 Å². The van der Waals surface area contributed by atoms with Crippen LogP contribution in [0.5, 0.6) is 0 Å². The zero-order chi connectivity index (χ0) is 12.5. The van der Waals surface area contributed by atoms with Crippen LogP contribution in [0.25, 0.3) is 0 Å². The maximum Gasteiger partial charge on any atom is 0.432 e. The van der Waals surface area contributed by atoms with E-state index in [0.29, 0.717) is 12.1 Å². The van der Waals surface area contributed by atoms with Gasteiger partial charge in [-0.05, 0) is 18.4 Å². The zero-order valence-corrected chi connectivity index (χ0v) is 8.85. The summed E-state index contributed by atoms with van der Waals surface area (Å²) in [5.41, 5.74) is -1.61. The van der Waals surface area contributed by atoms with Crippen molar-refractivity contribution in [1.29, 1.82) is 0 Å². The van der Waals surface area contributed by atoms with Gasteiger partial charge in [-0.2, -0.15) is 13.2 Å². The fourth-order valence-corrected chi connectivity index (χ4v) is 1.45. The topological polar surface area (TPSA) is 53.1 Å². The summed E-state index contributed by atoms with van der Waals surface area (Å²) in [6, 6.07) is 1.05. The Morgan fingerprint density at radius 2 is 2.06 bits per heavy atom. The summed E-state index contributed by atoms with van der Waals surface area (Å²) in [6.45, 7) is 3.68. The second kappa shape index (κ2) is 4.19. The minimum Gasteiger partial charge on any atom is -0.478 e. The summed E-state index contributed by atoms with van der Waals surface area (Å²) in [5.74, 6) is -1.42. The van der Waals surface area contributed by atoms with E-state index < -0.39 is 23.4 Å². The van der Waals surface area contributed by atoms with Crippen LogP contribution >= 0.6 is 0 Å². The van der Waals surface area contributed by atoms with Crippen molar-refractivity contribution in [2.24, 2.45) is 5.92 Å². The van der Waals surface area contributed by atoms with Gasteiger partial charge in [0.15, 0.2) is 0 Å². The first-order chi connectivity index (χ1) is 7.21. The average Bonchev–Trinajstić information content (AvgIpc) is 2.45. The molecule has 0 amide bonds. The molecule has 0 aliphatic carbocycles. The molecule has 1 rings (SSSR count). The van der Waals surface area contributed by atoms with E-state index in [-0.39, 0.29) is 5.92 Å². The van der Waals surface area contributed by atoms with Gasteiger partial charge in [0.25, 0.3) is 0 Å². The Labute approximate surface area is 90.3 Å². The first-order valence-corrected chi connectivity index (χ1v) is 4.74. The van der Waals surface area contributed by atoms with E-state index in [4.69, 9.17) is 5.11 Å². The Balaban J connectivity index is 3.16. The van der Waals surface area contributed by atoms with Gasteiger partial charge in [0.2, 0.25) is 0 Å². The van der Waals surface area contributed by atoms with Gasteiger partial charge in [-0.15, -0.1) is 0 Å². The molecule has 3 nitrogen and oxygen atoms in total. The smallest absolute Gasteiger partial charge is 0.432 e. The highest BCUT2D eigenvalue weighted by Crippen LogP contribution is 2.32. The molecule has 0 fully saturated rings. The number of hydrogen-bond acceptors (Lipinski definition) is 1. The number of rotatable bonds is 3. The Kier molecular flexibility index (Phi) is 3.30. The lowest BCUT2D eigenvalue weighted by molar-refractivity contribution is -0.141. The molecule has 1 heterocycles. The monoisotopic (exact) mass is 235 g/mol. The molecule has 1 aromatic rings. The first-order valence-electron chi connectivity index (χ1n) is 4.74. The Bertz CT molecular complexity index is 393. The normalized spacial score (nSPS) is 12.1. The maximum absolute atomic E-state index is 12.5. The quantitative estimate of drug-likeness (QED) is 0.846. The molecule has 0 aromatic carbocycles. The fraction of sp³-hybridized carbons (Fsp3) is 0.500. The molecule has 0 saturated heterocycles. The summed E-state index contributed by atoms with van der Waals surface area (Å²) < 4.78 is 37.4. The molecule has 1 aromatic heterocycles. The largest absolute Gasteiger partial charge is 0.478 e. The minimum absolute atomic E-state index is 0.154. The van der Waals surface area contributed by atoms with Gasteiger partial charge in [-0.3, -0.25) is 0 Å². The summed E-state index contributed by atoms with van der Waals surface area (Å²) in [7, 11) is 0. The molecule has 2 N–H and O–H groups in total. The number of H-pyrrole nitrogens is 1. The lowest BCUT2D eigenvalue weighted by Crippen LogP contribution is -2.11. The summed E-state index contributed by atoms with van der Waals surface area (Å²) in [6.07, 6.45) is -4.28. The molecule has 0 radical (unpaired) electrons. The van der Waals surface area contributed by atoms with Crippen molar-refractivity contribution in [3.05, 3.63) is 23.0 Å². The molecule has 0 saturated carbocycles. The van der Waals surface area contributed by atoms with Crippen molar-refractivity contribution in [1.82, 2.24) is 4.98 Å². The van der Waals surface area contributed by atoms with E-state index >= 15 is 0 Å². The van der Waals surface area contributed by atoms with Crippen molar-refractivity contribution in [2.75, 3.05) is 0 Å². The molecule has 0 atom stereocenters. The van der Waals surface area contributed by atoms with Crippen molar-refractivity contribution < 1.29 is 23.1 Å². The van der Waals surface area contributed by atoms with Gasteiger partial charge in [-0.25, -0.2) is 4.79 Å². The SMILES string of the molecule is CC(C)Cc1cc(C(=O)O)c(C(F)(F)F)[nH]1. The zero-order valence-electron chi connectivity index (χ0n) is 8.85. The van der Waals surface area contributed by atoms with Crippen molar-refractivity contribution in [3.63, 3.8) is 0 Å². The van der Waals surface area contributed by atoms with Gasteiger partial charge in [0, 0.05) is 5.69 Å². The van der Waals surface area contributed by atoms with E-state index in [0.717, 1.165) is 6.07 Å². The molecule has 0 aliphatic heterocycles. The number of aromatic nitrogens is 1. The predicted molar refractivity (Wildman–Crippen MR) is 51.3 cm³/mol. The number of nitrogens with one attached hydrogen (secondary N) is 1. The molecular weight excluding hydrogens is 223 g/mol. The van der Waals surface area contributed by atoms with Gasteiger partial charge < -0.3 is 10.1 Å². The number of hydrogen-bond donors (Lipinski definition) is 2. The van der Waals surface area contributed by atoms with E-state index in [1.54, 1.807) is 0 Å². The Hall–Kier alpha value is -1.46. The molecular formula is C10H12F3NO2. The maximum atomic E-state index is 12.5. The van der Waals surface area contributed by atoms with E-state index in [1.165, 1.54) is 0 Å².